The van der Waals surface area contributed by atoms with Gasteiger partial charge in [0.15, 0.2) is 0 Å². The minimum Gasteiger partial charge on any atom is -0.496 e. The first kappa shape index (κ1) is 15.4. The third kappa shape index (κ3) is 3.04. The fourth-order valence-corrected chi connectivity index (χ4v) is 2.55. The Kier molecular flexibility index (Phi) is 4.55. The monoisotopic (exact) mass is 286 g/mol. The number of ether oxygens (including phenoxy) is 1. The molecule has 1 atom stereocenters. The number of nitrogens with two attached hydrogens (primary N) is 1. The van der Waals surface area contributed by atoms with Crippen LogP contribution in [0.5, 0.6) is 5.75 Å². The van der Waals surface area contributed by atoms with Crippen LogP contribution in [-0.2, 0) is 0 Å². The molecule has 0 amide bonds. The van der Waals surface area contributed by atoms with E-state index in [4.69, 9.17) is 10.6 Å². The number of hydrogen-bond acceptors (Lipinski definition) is 5. The maximum absolute atomic E-state index is 5.82. The van der Waals surface area contributed by atoms with Gasteiger partial charge in [-0.1, -0.05) is 6.07 Å². The summed E-state index contributed by atoms with van der Waals surface area (Å²) in [4.78, 5) is 0. The van der Waals surface area contributed by atoms with Gasteiger partial charge in [-0.05, 0) is 62.1 Å². The van der Waals surface area contributed by atoms with Gasteiger partial charge in [0.05, 0.1) is 24.5 Å². The third-order valence-electron chi connectivity index (χ3n) is 3.71. The molecule has 0 bridgehead atoms. The number of nitrogens with one attached hydrogen (secondary N) is 1. The smallest absolute Gasteiger partial charge is 0.122 e. The predicted molar refractivity (Wildman–Crippen MR) is 83.1 cm³/mol. The molecule has 0 aliphatic rings. The Bertz CT molecular complexity index is 655. The van der Waals surface area contributed by atoms with Crippen molar-refractivity contribution in [2.45, 2.75) is 33.7 Å². The molecule has 1 unspecified atom stereocenters. The fraction of sp³-hybridized carbons (Fsp3) is 0.375. The summed E-state index contributed by atoms with van der Waals surface area (Å²) < 4.78 is 5.37. The molecule has 0 aliphatic heterocycles. The summed E-state index contributed by atoms with van der Waals surface area (Å²) in [6, 6.07) is 6.04. The van der Waals surface area contributed by atoms with E-state index in [1.165, 1.54) is 0 Å². The molecule has 3 N–H and O–H groups in total. The topological polar surface area (TPSA) is 73.1 Å². The van der Waals surface area contributed by atoms with Crippen LogP contribution in [0.3, 0.4) is 0 Å². The zero-order valence-corrected chi connectivity index (χ0v) is 13.2. The van der Waals surface area contributed by atoms with Crippen molar-refractivity contribution in [3.05, 3.63) is 51.8 Å². The molecule has 0 saturated carbocycles. The summed E-state index contributed by atoms with van der Waals surface area (Å²) in [6.07, 6.45) is 0. The van der Waals surface area contributed by atoms with Gasteiger partial charge in [-0.2, -0.15) is 10.2 Å². The number of methoxy groups -OCH3 is 1. The standard InChI is InChI=1S/C16H22N4O/c1-9-7-15(21-5)10(2)6-13(9)16(18-17)14-8-11(3)19-20-12(14)4/h6-8,16,18H,17H2,1-5H3. The van der Waals surface area contributed by atoms with Crippen LogP contribution in [0.4, 0.5) is 0 Å². The van der Waals surface area contributed by atoms with Crippen molar-refractivity contribution in [3.63, 3.8) is 0 Å². The van der Waals surface area contributed by atoms with Crippen LogP contribution in [0.25, 0.3) is 0 Å². The Morgan fingerprint density at radius 3 is 2.33 bits per heavy atom. The highest BCUT2D eigenvalue weighted by atomic mass is 16.5. The van der Waals surface area contributed by atoms with Crippen LogP contribution in [0.2, 0.25) is 0 Å². The number of nitrogens with zero attached hydrogens (tertiary/aromatic N) is 2. The van der Waals surface area contributed by atoms with E-state index in [1.807, 2.05) is 32.9 Å². The first-order valence-electron chi connectivity index (χ1n) is 6.90. The van der Waals surface area contributed by atoms with Gasteiger partial charge in [-0.3, -0.25) is 5.84 Å². The average molecular weight is 286 g/mol. The highest BCUT2D eigenvalue weighted by molar-refractivity contribution is 5.46. The second kappa shape index (κ2) is 6.20. The van der Waals surface area contributed by atoms with Gasteiger partial charge in [-0.15, -0.1) is 0 Å². The fourth-order valence-electron chi connectivity index (χ4n) is 2.55. The summed E-state index contributed by atoms with van der Waals surface area (Å²) >= 11 is 0. The lowest BCUT2D eigenvalue weighted by Gasteiger charge is -2.22. The summed E-state index contributed by atoms with van der Waals surface area (Å²) in [5.74, 6) is 6.70. The van der Waals surface area contributed by atoms with E-state index in [2.05, 4.69) is 28.6 Å². The molecule has 5 nitrogen and oxygen atoms in total. The van der Waals surface area contributed by atoms with Crippen molar-refractivity contribution in [3.8, 4) is 5.75 Å². The predicted octanol–water partition coefficient (Wildman–Crippen LogP) is 2.27. The Morgan fingerprint density at radius 1 is 1.00 bits per heavy atom. The summed E-state index contributed by atoms with van der Waals surface area (Å²) in [5, 5.41) is 8.27. The van der Waals surface area contributed by atoms with Crippen LogP contribution in [0.15, 0.2) is 18.2 Å². The lowest BCUT2D eigenvalue weighted by molar-refractivity contribution is 0.411. The van der Waals surface area contributed by atoms with Crippen LogP contribution in [-0.4, -0.2) is 17.3 Å². The van der Waals surface area contributed by atoms with Gasteiger partial charge in [0.1, 0.15) is 5.75 Å². The highest BCUT2D eigenvalue weighted by Gasteiger charge is 2.19. The first-order chi connectivity index (χ1) is 9.97. The number of aryl methyl sites for hydroxylation is 4. The number of rotatable bonds is 4. The normalized spacial score (nSPS) is 12.3. The van der Waals surface area contributed by atoms with E-state index in [0.717, 1.165) is 39.4 Å². The second-order valence-corrected chi connectivity index (χ2v) is 5.30. The zero-order chi connectivity index (χ0) is 15.6. The molecular weight excluding hydrogens is 264 g/mol. The number of aromatic nitrogens is 2. The summed E-state index contributed by atoms with van der Waals surface area (Å²) in [7, 11) is 1.68. The van der Waals surface area contributed by atoms with Gasteiger partial charge >= 0.3 is 0 Å². The molecule has 0 radical (unpaired) electrons. The van der Waals surface area contributed by atoms with E-state index in [0.29, 0.717) is 0 Å². The van der Waals surface area contributed by atoms with E-state index in [1.54, 1.807) is 7.11 Å². The molecule has 5 heteroatoms. The molecule has 0 spiro atoms. The number of benzene rings is 1. The maximum Gasteiger partial charge on any atom is 0.122 e. The second-order valence-electron chi connectivity index (χ2n) is 5.30. The van der Waals surface area contributed by atoms with E-state index >= 15 is 0 Å². The van der Waals surface area contributed by atoms with Gasteiger partial charge in [0.2, 0.25) is 0 Å². The van der Waals surface area contributed by atoms with Crippen molar-refractivity contribution in [1.82, 2.24) is 15.6 Å². The highest BCUT2D eigenvalue weighted by Crippen LogP contribution is 2.30. The molecule has 1 aromatic heterocycles. The molecule has 2 aromatic rings. The van der Waals surface area contributed by atoms with Gasteiger partial charge < -0.3 is 4.74 Å². The minimum absolute atomic E-state index is 0.121. The SMILES string of the molecule is COc1cc(C)c(C(NN)c2cc(C)nnc2C)cc1C. The maximum atomic E-state index is 5.82. The molecule has 0 saturated heterocycles. The minimum atomic E-state index is -0.121. The third-order valence-corrected chi connectivity index (χ3v) is 3.71. The summed E-state index contributed by atoms with van der Waals surface area (Å²) in [5.41, 5.74) is 9.00. The average Bonchev–Trinajstić information content (AvgIpc) is 2.46. The molecule has 1 heterocycles. The first-order valence-corrected chi connectivity index (χ1v) is 6.90. The molecule has 2 rings (SSSR count). The van der Waals surface area contributed by atoms with Crippen molar-refractivity contribution in [2.75, 3.05) is 7.11 Å². The van der Waals surface area contributed by atoms with Gasteiger partial charge in [0.25, 0.3) is 0 Å². The van der Waals surface area contributed by atoms with Crippen LogP contribution in [0, 0.1) is 27.7 Å². The van der Waals surface area contributed by atoms with Crippen molar-refractivity contribution < 1.29 is 4.74 Å². The quantitative estimate of drug-likeness (QED) is 0.666. The lowest BCUT2D eigenvalue weighted by Crippen LogP contribution is -2.30. The largest absolute Gasteiger partial charge is 0.496 e. The molecule has 21 heavy (non-hydrogen) atoms. The van der Waals surface area contributed by atoms with E-state index in [-0.39, 0.29) is 6.04 Å². The molecule has 0 fully saturated rings. The van der Waals surface area contributed by atoms with Crippen molar-refractivity contribution in [2.24, 2.45) is 5.84 Å². The van der Waals surface area contributed by atoms with Crippen LogP contribution in [0.1, 0.15) is 39.7 Å². The van der Waals surface area contributed by atoms with Crippen molar-refractivity contribution >= 4 is 0 Å². The summed E-state index contributed by atoms with van der Waals surface area (Å²) in [6.45, 7) is 7.95. The van der Waals surface area contributed by atoms with Crippen LogP contribution < -0.4 is 16.0 Å². The van der Waals surface area contributed by atoms with Gasteiger partial charge in [-0.25, -0.2) is 5.43 Å². The van der Waals surface area contributed by atoms with Crippen LogP contribution >= 0.6 is 0 Å². The number of hydrazine groups is 1. The number of hydrogen-bond donors (Lipinski definition) is 2. The van der Waals surface area contributed by atoms with E-state index in [9.17, 15) is 0 Å². The van der Waals surface area contributed by atoms with Gasteiger partial charge in [0, 0.05) is 0 Å². The molecule has 1 aromatic carbocycles. The zero-order valence-electron chi connectivity index (χ0n) is 13.2. The Labute approximate surface area is 125 Å². The van der Waals surface area contributed by atoms with E-state index < -0.39 is 0 Å². The molecule has 112 valence electrons. The van der Waals surface area contributed by atoms with Crippen molar-refractivity contribution in [1.29, 1.82) is 0 Å². The molecular formula is C16H22N4O. The molecule has 0 aliphatic carbocycles. The lowest BCUT2D eigenvalue weighted by atomic mass is 9.93. The Balaban J connectivity index is 2.56. The Hall–Kier alpha value is -1.98. The Morgan fingerprint density at radius 2 is 1.71 bits per heavy atom.